The SMILES string of the molecule is CC1CCC(O)(C(=O)Cc2ccoc2)CC1. The number of carbonyl (C=O) groups excluding carboxylic acids is 1. The van der Waals surface area contributed by atoms with Crippen LogP contribution in [0.1, 0.15) is 38.2 Å². The van der Waals surface area contributed by atoms with Crippen LogP contribution < -0.4 is 0 Å². The number of rotatable bonds is 3. The zero-order chi connectivity index (χ0) is 11.6. The number of ketones is 1. The van der Waals surface area contributed by atoms with Crippen LogP contribution in [0.4, 0.5) is 0 Å². The third-order valence-corrected chi connectivity index (χ3v) is 3.57. The van der Waals surface area contributed by atoms with E-state index in [9.17, 15) is 9.90 Å². The lowest BCUT2D eigenvalue weighted by atomic mass is 9.76. The lowest BCUT2D eigenvalue weighted by Crippen LogP contribution is -2.42. The summed E-state index contributed by atoms with van der Waals surface area (Å²) in [6.07, 6.45) is 6.47. The van der Waals surface area contributed by atoms with Crippen LogP contribution in [0.3, 0.4) is 0 Å². The van der Waals surface area contributed by atoms with Gasteiger partial charge in [-0.15, -0.1) is 0 Å². The molecule has 0 unspecified atom stereocenters. The van der Waals surface area contributed by atoms with Crippen LogP contribution in [-0.4, -0.2) is 16.5 Å². The minimum Gasteiger partial charge on any atom is -0.472 e. The van der Waals surface area contributed by atoms with Gasteiger partial charge in [-0.05, 0) is 43.2 Å². The molecule has 1 fully saturated rings. The van der Waals surface area contributed by atoms with E-state index in [0.717, 1.165) is 18.4 Å². The van der Waals surface area contributed by atoms with E-state index in [1.165, 1.54) is 0 Å². The molecule has 3 nitrogen and oxygen atoms in total. The Balaban J connectivity index is 1.98. The van der Waals surface area contributed by atoms with E-state index in [0.29, 0.717) is 18.8 Å². The first kappa shape index (κ1) is 11.4. The average Bonchev–Trinajstić information content (AvgIpc) is 2.75. The quantitative estimate of drug-likeness (QED) is 0.854. The first-order chi connectivity index (χ1) is 7.60. The molecule has 0 bridgehead atoms. The summed E-state index contributed by atoms with van der Waals surface area (Å²) in [5.74, 6) is 0.558. The summed E-state index contributed by atoms with van der Waals surface area (Å²) in [6.45, 7) is 2.17. The van der Waals surface area contributed by atoms with Crippen molar-refractivity contribution >= 4 is 5.78 Å². The molecule has 1 aliphatic rings. The number of Topliss-reactive ketones (excluding diaryl/α,β-unsaturated/α-hetero) is 1. The van der Waals surface area contributed by atoms with E-state index >= 15 is 0 Å². The van der Waals surface area contributed by atoms with Gasteiger partial charge in [0.15, 0.2) is 5.78 Å². The standard InChI is InChI=1S/C13H18O3/c1-10-2-5-13(15,6-3-10)12(14)8-11-4-7-16-9-11/h4,7,9-10,15H,2-3,5-6,8H2,1H3. The van der Waals surface area contributed by atoms with Gasteiger partial charge in [-0.1, -0.05) is 6.92 Å². The first-order valence-electron chi connectivity index (χ1n) is 5.87. The van der Waals surface area contributed by atoms with Crippen molar-refractivity contribution in [2.45, 2.75) is 44.6 Å². The molecule has 1 N–H and O–H groups in total. The van der Waals surface area contributed by atoms with E-state index in [4.69, 9.17) is 4.42 Å². The van der Waals surface area contributed by atoms with E-state index in [-0.39, 0.29) is 12.2 Å². The van der Waals surface area contributed by atoms with Crippen LogP contribution in [0.15, 0.2) is 23.0 Å². The smallest absolute Gasteiger partial charge is 0.168 e. The van der Waals surface area contributed by atoms with Gasteiger partial charge >= 0.3 is 0 Å². The van der Waals surface area contributed by atoms with E-state index in [2.05, 4.69) is 6.92 Å². The Kier molecular flexibility index (Phi) is 3.15. The number of hydrogen-bond acceptors (Lipinski definition) is 3. The summed E-state index contributed by atoms with van der Waals surface area (Å²) in [5, 5.41) is 10.3. The van der Waals surface area contributed by atoms with Crippen LogP contribution in [-0.2, 0) is 11.2 Å². The molecule has 0 saturated heterocycles. The Morgan fingerprint density at radius 2 is 2.25 bits per heavy atom. The molecule has 0 aromatic carbocycles. The molecule has 0 amide bonds. The summed E-state index contributed by atoms with van der Waals surface area (Å²) in [7, 11) is 0. The summed E-state index contributed by atoms with van der Waals surface area (Å²) >= 11 is 0. The molecular formula is C13H18O3. The molecule has 1 aliphatic carbocycles. The Morgan fingerprint density at radius 3 is 2.81 bits per heavy atom. The maximum Gasteiger partial charge on any atom is 0.168 e. The van der Waals surface area contributed by atoms with E-state index in [1.807, 2.05) is 0 Å². The van der Waals surface area contributed by atoms with Gasteiger partial charge in [0.05, 0.1) is 12.5 Å². The second-order valence-corrected chi connectivity index (χ2v) is 4.95. The van der Waals surface area contributed by atoms with Gasteiger partial charge in [0, 0.05) is 6.42 Å². The molecule has 0 spiro atoms. The Labute approximate surface area is 95.5 Å². The van der Waals surface area contributed by atoms with Crippen molar-refractivity contribution in [1.82, 2.24) is 0 Å². The molecule has 0 atom stereocenters. The molecule has 1 saturated carbocycles. The normalized spacial score (nSPS) is 30.2. The minimum atomic E-state index is -1.09. The maximum atomic E-state index is 12.0. The van der Waals surface area contributed by atoms with Crippen molar-refractivity contribution in [3.8, 4) is 0 Å². The van der Waals surface area contributed by atoms with Gasteiger partial charge in [-0.25, -0.2) is 0 Å². The summed E-state index contributed by atoms with van der Waals surface area (Å²) in [5.41, 5.74) is -0.249. The second-order valence-electron chi connectivity index (χ2n) is 4.95. The van der Waals surface area contributed by atoms with Gasteiger partial charge in [0.2, 0.25) is 0 Å². The van der Waals surface area contributed by atoms with Crippen molar-refractivity contribution < 1.29 is 14.3 Å². The fourth-order valence-corrected chi connectivity index (χ4v) is 2.26. The second kappa shape index (κ2) is 4.42. The lowest BCUT2D eigenvalue weighted by Gasteiger charge is -2.33. The molecule has 1 aromatic heterocycles. The van der Waals surface area contributed by atoms with Crippen LogP contribution in [0.5, 0.6) is 0 Å². The van der Waals surface area contributed by atoms with Crippen LogP contribution in [0, 0.1) is 5.92 Å². The molecule has 0 radical (unpaired) electrons. The maximum absolute atomic E-state index is 12.0. The Hall–Kier alpha value is -1.09. The Morgan fingerprint density at radius 1 is 1.56 bits per heavy atom. The van der Waals surface area contributed by atoms with Gasteiger partial charge in [0.25, 0.3) is 0 Å². The van der Waals surface area contributed by atoms with Crippen molar-refractivity contribution in [1.29, 1.82) is 0 Å². The zero-order valence-corrected chi connectivity index (χ0v) is 9.61. The summed E-state index contributed by atoms with van der Waals surface area (Å²) < 4.78 is 4.92. The molecular weight excluding hydrogens is 204 g/mol. The number of hydrogen-bond donors (Lipinski definition) is 1. The minimum absolute atomic E-state index is 0.0687. The van der Waals surface area contributed by atoms with Crippen molar-refractivity contribution in [2.75, 3.05) is 0 Å². The number of furan rings is 1. The van der Waals surface area contributed by atoms with E-state index < -0.39 is 5.60 Å². The highest BCUT2D eigenvalue weighted by Crippen LogP contribution is 2.33. The highest BCUT2D eigenvalue weighted by molar-refractivity contribution is 5.88. The first-order valence-corrected chi connectivity index (χ1v) is 5.87. The molecule has 2 rings (SSSR count). The highest BCUT2D eigenvalue weighted by atomic mass is 16.3. The fraction of sp³-hybridized carbons (Fsp3) is 0.615. The lowest BCUT2D eigenvalue weighted by molar-refractivity contribution is -0.140. The largest absolute Gasteiger partial charge is 0.472 e. The van der Waals surface area contributed by atoms with Crippen LogP contribution >= 0.6 is 0 Å². The molecule has 3 heteroatoms. The molecule has 0 aliphatic heterocycles. The predicted molar refractivity (Wildman–Crippen MR) is 60.0 cm³/mol. The molecule has 16 heavy (non-hydrogen) atoms. The third-order valence-electron chi connectivity index (χ3n) is 3.57. The highest BCUT2D eigenvalue weighted by Gasteiger charge is 2.38. The molecule has 1 aromatic rings. The molecule has 1 heterocycles. The van der Waals surface area contributed by atoms with E-state index in [1.54, 1.807) is 18.6 Å². The van der Waals surface area contributed by atoms with Crippen molar-refractivity contribution in [3.05, 3.63) is 24.2 Å². The monoisotopic (exact) mass is 222 g/mol. The van der Waals surface area contributed by atoms with Crippen LogP contribution in [0.25, 0.3) is 0 Å². The fourth-order valence-electron chi connectivity index (χ4n) is 2.26. The molecule has 88 valence electrons. The van der Waals surface area contributed by atoms with Crippen LogP contribution in [0.2, 0.25) is 0 Å². The summed E-state index contributed by atoms with van der Waals surface area (Å²) in [4.78, 5) is 12.0. The zero-order valence-electron chi connectivity index (χ0n) is 9.61. The summed E-state index contributed by atoms with van der Waals surface area (Å²) in [6, 6.07) is 1.77. The van der Waals surface area contributed by atoms with Gasteiger partial charge in [-0.2, -0.15) is 0 Å². The topological polar surface area (TPSA) is 50.4 Å². The van der Waals surface area contributed by atoms with Gasteiger partial charge in [-0.3, -0.25) is 4.79 Å². The van der Waals surface area contributed by atoms with Gasteiger partial charge < -0.3 is 9.52 Å². The third kappa shape index (κ3) is 2.35. The van der Waals surface area contributed by atoms with Crippen molar-refractivity contribution in [2.24, 2.45) is 5.92 Å². The number of carbonyl (C=O) groups is 1. The Bertz CT molecular complexity index is 345. The average molecular weight is 222 g/mol. The van der Waals surface area contributed by atoms with Gasteiger partial charge in [0.1, 0.15) is 5.60 Å². The van der Waals surface area contributed by atoms with Crippen molar-refractivity contribution in [3.63, 3.8) is 0 Å². The number of aliphatic hydroxyl groups is 1. The predicted octanol–water partition coefficient (Wildman–Crippen LogP) is 2.33.